The molecule has 118 valence electrons. The van der Waals surface area contributed by atoms with Crippen LogP contribution in [0.5, 0.6) is 0 Å². The highest BCUT2D eigenvalue weighted by molar-refractivity contribution is 5.93. The summed E-state index contributed by atoms with van der Waals surface area (Å²) in [5.74, 6) is -0.412. The molecule has 1 aromatic carbocycles. The molecular weight excluding hydrogens is 295 g/mol. The van der Waals surface area contributed by atoms with Crippen LogP contribution in [0, 0.1) is 5.82 Å². The number of nitrogens with zero attached hydrogens (tertiary/aromatic N) is 4. The highest BCUT2D eigenvalue weighted by Crippen LogP contribution is 2.22. The highest BCUT2D eigenvalue weighted by Gasteiger charge is 2.18. The Morgan fingerprint density at radius 3 is 2.57 bits per heavy atom. The Hall–Kier alpha value is -2.76. The van der Waals surface area contributed by atoms with E-state index in [0.717, 1.165) is 5.56 Å². The molecule has 3 rings (SSSR count). The molecule has 0 spiro atoms. The molecule has 0 N–H and O–H groups in total. The Balaban J connectivity index is 2.08. The van der Waals surface area contributed by atoms with Crippen LogP contribution in [-0.2, 0) is 0 Å². The van der Waals surface area contributed by atoms with Gasteiger partial charge >= 0.3 is 0 Å². The number of benzene rings is 1. The van der Waals surface area contributed by atoms with Gasteiger partial charge in [-0.25, -0.2) is 9.37 Å². The Bertz CT molecular complexity index is 837. The molecule has 0 aliphatic rings. The molecule has 0 saturated carbocycles. The average molecular weight is 312 g/mol. The van der Waals surface area contributed by atoms with Crippen molar-refractivity contribution in [3.05, 3.63) is 54.4 Å². The van der Waals surface area contributed by atoms with Crippen LogP contribution >= 0.6 is 0 Å². The largest absolute Gasteiger partial charge is 0.338 e. The molecule has 23 heavy (non-hydrogen) atoms. The molecule has 2 aromatic heterocycles. The average Bonchev–Trinajstić information content (AvgIpc) is 3.01. The zero-order chi connectivity index (χ0) is 16.4. The van der Waals surface area contributed by atoms with E-state index >= 15 is 0 Å². The van der Waals surface area contributed by atoms with Gasteiger partial charge in [-0.15, -0.1) is 0 Å². The lowest BCUT2D eigenvalue weighted by Crippen LogP contribution is -2.30. The first kappa shape index (κ1) is 15.1. The van der Waals surface area contributed by atoms with Crippen LogP contribution in [-0.4, -0.2) is 38.3 Å². The van der Waals surface area contributed by atoms with Crippen molar-refractivity contribution < 1.29 is 9.18 Å². The van der Waals surface area contributed by atoms with Gasteiger partial charge < -0.3 is 9.30 Å². The van der Waals surface area contributed by atoms with Crippen molar-refractivity contribution in [2.24, 2.45) is 0 Å². The molecule has 0 bridgehead atoms. The van der Waals surface area contributed by atoms with Gasteiger partial charge in [0, 0.05) is 37.2 Å². The molecule has 0 fully saturated rings. The van der Waals surface area contributed by atoms with Gasteiger partial charge in [0.2, 0.25) is 0 Å². The molecule has 0 unspecified atom stereocenters. The number of carbonyl (C=O) groups is 1. The molecule has 0 radical (unpaired) electrons. The quantitative estimate of drug-likeness (QED) is 0.744. The Labute approximate surface area is 133 Å². The van der Waals surface area contributed by atoms with Crippen LogP contribution < -0.4 is 0 Å². The summed E-state index contributed by atoms with van der Waals surface area (Å²) in [4.78, 5) is 22.9. The molecule has 0 aliphatic heterocycles. The first-order valence-corrected chi connectivity index (χ1v) is 7.53. The molecule has 5 nitrogen and oxygen atoms in total. The van der Waals surface area contributed by atoms with Crippen LogP contribution in [0.2, 0.25) is 0 Å². The van der Waals surface area contributed by atoms with E-state index in [1.807, 2.05) is 13.8 Å². The molecule has 2 heterocycles. The van der Waals surface area contributed by atoms with Crippen LogP contribution in [0.4, 0.5) is 4.39 Å². The molecular formula is C17H17FN4O. The zero-order valence-electron chi connectivity index (χ0n) is 13.0. The number of fused-ring (bicyclic) bond motifs is 1. The minimum atomic E-state index is -0.304. The lowest BCUT2D eigenvalue weighted by Gasteiger charge is -2.16. The summed E-state index contributed by atoms with van der Waals surface area (Å²) < 4.78 is 14.9. The first-order valence-electron chi connectivity index (χ1n) is 7.53. The van der Waals surface area contributed by atoms with Crippen LogP contribution in [0.15, 0.2) is 42.9 Å². The van der Waals surface area contributed by atoms with Gasteiger partial charge in [0.1, 0.15) is 17.2 Å². The SMILES string of the molecule is CCN(CC)C(=O)c1cn2ccnc(-c3ccc(F)cc3)c2n1. The summed E-state index contributed by atoms with van der Waals surface area (Å²) >= 11 is 0. The summed E-state index contributed by atoms with van der Waals surface area (Å²) in [5, 5.41) is 0. The normalized spacial score (nSPS) is 10.9. The number of aromatic nitrogens is 3. The fourth-order valence-corrected chi connectivity index (χ4v) is 2.51. The molecule has 0 aliphatic carbocycles. The summed E-state index contributed by atoms with van der Waals surface area (Å²) in [6.45, 7) is 5.13. The van der Waals surface area contributed by atoms with E-state index in [4.69, 9.17) is 0 Å². The van der Waals surface area contributed by atoms with E-state index in [-0.39, 0.29) is 11.7 Å². The second-order valence-corrected chi connectivity index (χ2v) is 5.12. The number of hydrogen-bond donors (Lipinski definition) is 0. The lowest BCUT2D eigenvalue weighted by atomic mass is 10.1. The predicted octanol–water partition coefficient (Wildman–Crippen LogP) is 3.02. The third-order valence-electron chi connectivity index (χ3n) is 3.76. The Morgan fingerprint density at radius 2 is 1.91 bits per heavy atom. The second-order valence-electron chi connectivity index (χ2n) is 5.12. The Kier molecular flexibility index (Phi) is 4.06. The van der Waals surface area contributed by atoms with Crippen LogP contribution in [0.25, 0.3) is 16.9 Å². The number of hydrogen-bond acceptors (Lipinski definition) is 3. The van der Waals surface area contributed by atoms with Crippen molar-refractivity contribution >= 4 is 11.6 Å². The standard InChI is InChI=1S/C17H17FN4O/c1-3-21(4-2)17(23)14-11-22-10-9-19-15(16(22)20-14)12-5-7-13(18)8-6-12/h5-11H,3-4H2,1-2H3. The van der Waals surface area contributed by atoms with Crippen molar-refractivity contribution in [3.8, 4) is 11.3 Å². The number of amides is 1. The van der Waals surface area contributed by atoms with Gasteiger partial charge in [0.15, 0.2) is 5.65 Å². The number of imidazole rings is 1. The van der Waals surface area contributed by atoms with Crippen molar-refractivity contribution in [2.45, 2.75) is 13.8 Å². The number of rotatable bonds is 4. The second kappa shape index (κ2) is 6.16. The van der Waals surface area contributed by atoms with Crippen molar-refractivity contribution in [2.75, 3.05) is 13.1 Å². The van der Waals surface area contributed by atoms with Crippen molar-refractivity contribution in [1.29, 1.82) is 0 Å². The van der Waals surface area contributed by atoms with Gasteiger partial charge in [0.05, 0.1) is 0 Å². The summed E-state index contributed by atoms with van der Waals surface area (Å²) in [5.41, 5.74) is 2.33. The lowest BCUT2D eigenvalue weighted by molar-refractivity contribution is 0.0768. The minimum absolute atomic E-state index is 0.108. The van der Waals surface area contributed by atoms with E-state index < -0.39 is 0 Å². The fourth-order valence-electron chi connectivity index (χ4n) is 2.51. The van der Waals surface area contributed by atoms with E-state index in [0.29, 0.717) is 30.1 Å². The van der Waals surface area contributed by atoms with E-state index in [1.54, 1.807) is 40.0 Å². The third kappa shape index (κ3) is 2.79. The van der Waals surface area contributed by atoms with Gasteiger partial charge in [-0.1, -0.05) is 0 Å². The molecule has 0 atom stereocenters. The maximum atomic E-state index is 13.1. The van der Waals surface area contributed by atoms with E-state index in [1.165, 1.54) is 12.1 Å². The topological polar surface area (TPSA) is 50.5 Å². The minimum Gasteiger partial charge on any atom is -0.338 e. The predicted molar refractivity (Wildman–Crippen MR) is 85.6 cm³/mol. The summed E-state index contributed by atoms with van der Waals surface area (Å²) in [7, 11) is 0. The zero-order valence-corrected chi connectivity index (χ0v) is 13.0. The highest BCUT2D eigenvalue weighted by atomic mass is 19.1. The monoisotopic (exact) mass is 312 g/mol. The molecule has 6 heteroatoms. The third-order valence-corrected chi connectivity index (χ3v) is 3.76. The first-order chi connectivity index (χ1) is 11.1. The molecule has 1 amide bonds. The molecule has 3 aromatic rings. The van der Waals surface area contributed by atoms with E-state index in [9.17, 15) is 9.18 Å². The van der Waals surface area contributed by atoms with Crippen LogP contribution in [0.1, 0.15) is 24.3 Å². The van der Waals surface area contributed by atoms with E-state index in [2.05, 4.69) is 9.97 Å². The number of carbonyl (C=O) groups excluding carboxylic acids is 1. The van der Waals surface area contributed by atoms with Gasteiger partial charge in [-0.3, -0.25) is 9.78 Å². The van der Waals surface area contributed by atoms with Gasteiger partial charge in [-0.05, 0) is 38.1 Å². The molecule has 0 saturated heterocycles. The van der Waals surface area contributed by atoms with Crippen molar-refractivity contribution in [3.63, 3.8) is 0 Å². The fraction of sp³-hybridized carbons (Fsp3) is 0.235. The Morgan fingerprint density at radius 1 is 1.22 bits per heavy atom. The van der Waals surface area contributed by atoms with Gasteiger partial charge in [0.25, 0.3) is 5.91 Å². The maximum absolute atomic E-state index is 13.1. The maximum Gasteiger partial charge on any atom is 0.274 e. The van der Waals surface area contributed by atoms with Crippen molar-refractivity contribution in [1.82, 2.24) is 19.3 Å². The smallest absolute Gasteiger partial charge is 0.274 e. The summed E-state index contributed by atoms with van der Waals surface area (Å²) in [6, 6.07) is 6.06. The van der Waals surface area contributed by atoms with Crippen LogP contribution in [0.3, 0.4) is 0 Å². The number of halogens is 1. The van der Waals surface area contributed by atoms with Gasteiger partial charge in [-0.2, -0.15) is 0 Å². The summed E-state index contributed by atoms with van der Waals surface area (Å²) in [6.07, 6.45) is 5.08.